The van der Waals surface area contributed by atoms with Gasteiger partial charge in [-0.15, -0.1) is 0 Å². The number of hydrogen-bond acceptors (Lipinski definition) is 5. The van der Waals surface area contributed by atoms with Crippen molar-refractivity contribution in [1.82, 2.24) is 0 Å². The first-order valence-electron chi connectivity index (χ1n) is 6.62. The van der Waals surface area contributed by atoms with E-state index in [9.17, 15) is 5.11 Å². The van der Waals surface area contributed by atoms with Crippen LogP contribution in [0.1, 0.15) is 12.8 Å². The molecule has 3 atom stereocenters. The molecule has 18 heavy (non-hydrogen) atoms. The normalized spacial score (nSPS) is 31.5. The molecular weight excluding hydrogens is 284 g/mol. The number of hydrogen-bond donors (Lipinski definition) is 2. The van der Waals surface area contributed by atoms with Gasteiger partial charge in [0.25, 0.3) is 0 Å². The summed E-state index contributed by atoms with van der Waals surface area (Å²) in [6, 6.07) is 0. The van der Waals surface area contributed by atoms with Crippen molar-refractivity contribution in [3.63, 3.8) is 0 Å². The molecular formula is C10H26O5Si3. The van der Waals surface area contributed by atoms with Gasteiger partial charge in [-0.05, 0) is 12.8 Å². The lowest BCUT2D eigenvalue weighted by Crippen LogP contribution is -2.56. The molecule has 2 N–H and O–H groups in total. The van der Waals surface area contributed by atoms with Gasteiger partial charge in [0, 0.05) is 12.1 Å². The minimum absolute atomic E-state index is 0.147. The van der Waals surface area contributed by atoms with Crippen LogP contribution in [0.3, 0.4) is 0 Å². The first-order valence-corrected chi connectivity index (χ1v) is 11.7. The van der Waals surface area contributed by atoms with Crippen LogP contribution in [0.25, 0.3) is 0 Å². The summed E-state index contributed by atoms with van der Waals surface area (Å²) in [5.74, 6) is 0. The van der Waals surface area contributed by atoms with Crippen molar-refractivity contribution in [2.24, 2.45) is 0 Å². The van der Waals surface area contributed by atoms with Gasteiger partial charge in [0.05, 0.1) is 13.2 Å². The van der Waals surface area contributed by atoms with Crippen molar-refractivity contribution < 1.29 is 23.8 Å². The van der Waals surface area contributed by atoms with Crippen LogP contribution < -0.4 is 0 Å². The summed E-state index contributed by atoms with van der Waals surface area (Å²) in [4.78, 5) is 0. The predicted octanol–water partition coefficient (Wildman–Crippen LogP) is -1.94. The van der Waals surface area contributed by atoms with E-state index >= 15 is 0 Å². The Balaban J connectivity index is 2.74. The Hall–Kier alpha value is 0.451. The van der Waals surface area contributed by atoms with Gasteiger partial charge in [-0.2, -0.15) is 0 Å². The van der Waals surface area contributed by atoms with Gasteiger partial charge in [-0.25, -0.2) is 0 Å². The average Bonchev–Trinajstić information content (AvgIpc) is 2.37. The molecule has 1 saturated heterocycles. The molecule has 0 saturated carbocycles. The topological polar surface area (TPSA) is 68.2 Å². The van der Waals surface area contributed by atoms with E-state index in [-0.39, 0.29) is 13.2 Å². The maximum atomic E-state index is 9.47. The van der Waals surface area contributed by atoms with Gasteiger partial charge in [-0.3, -0.25) is 0 Å². The molecule has 1 heterocycles. The van der Waals surface area contributed by atoms with Crippen molar-refractivity contribution >= 4 is 29.0 Å². The Bertz CT molecular complexity index is 242. The minimum atomic E-state index is -1.21. The average molecular weight is 311 g/mol. The van der Waals surface area contributed by atoms with Crippen LogP contribution in [-0.4, -0.2) is 70.6 Å². The molecule has 1 fully saturated rings. The summed E-state index contributed by atoms with van der Waals surface area (Å²) in [6.45, 7) is 5.03. The van der Waals surface area contributed by atoms with Crippen molar-refractivity contribution in [3.8, 4) is 0 Å². The highest BCUT2D eigenvalue weighted by Crippen LogP contribution is 2.38. The minimum Gasteiger partial charge on any atom is -0.468 e. The highest BCUT2D eigenvalue weighted by atomic mass is 28.3. The van der Waals surface area contributed by atoms with Crippen molar-refractivity contribution in [2.45, 2.75) is 43.0 Å². The molecule has 0 aliphatic carbocycles. The van der Waals surface area contributed by atoms with Crippen molar-refractivity contribution in [2.75, 3.05) is 19.8 Å². The Morgan fingerprint density at radius 2 is 2.33 bits per heavy atom. The van der Waals surface area contributed by atoms with E-state index in [2.05, 4.69) is 13.1 Å². The fraction of sp³-hybridized carbons (Fsp3) is 1.00. The lowest BCUT2D eigenvalue weighted by molar-refractivity contribution is -0.215. The zero-order valence-corrected chi connectivity index (χ0v) is 16.2. The van der Waals surface area contributed by atoms with E-state index < -0.39 is 30.1 Å². The molecule has 8 heteroatoms. The number of aliphatic hydroxyl groups is 2. The predicted molar refractivity (Wildman–Crippen MR) is 79.2 cm³/mol. The van der Waals surface area contributed by atoms with Crippen LogP contribution in [-0.2, 0) is 13.6 Å². The lowest BCUT2D eigenvalue weighted by Gasteiger charge is -2.46. The SMILES string of the molecule is C[SiH](C)C1(OCC(O)CO)OCCCC1[SiH2]O[SiH3]. The molecule has 0 radical (unpaired) electrons. The molecule has 0 spiro atoms. The highest BCUT2D eigenvalue weighted by molar-refractivity contribution is 6.60. The molecule has 3 unspecified atom stereocenters. The van der Waals surface area contributed by atoms with Gasteiger partial charge in [0.15, 0.2) is 9.76 Å². The van der Waals surface area contributed by atoms with Gasteiger partial charge in [0.2, 0.25) is 0 Å². The van der Waals surface area contributed by atoms with Crippen LogP contribution in [0.5, 0.6) is 0 Å². The van der Waals surface area contributed by atoms with Gasteiger partial charge in [-0.1, -0.05) is 13.1 Å². The largest absolute Gasteiger partial charge is 0.468 e. The van der Waals surface area contributed by atoms with Crippen LogP contribution in [0.2, 0.25) is 18.6 Å². The molecule has 5 nitrogen and oxygen atoms in total. The summed E-state index contributed by atoms with van der Waals surface area (Å²) in [7, 11) is -1.06. The zero-order valence-electron chi connectivity index (χ0n) is 11.6. The quantitative estimate of drug-likeness (QED) is 0.536. The third kappa shape index (κ3) is 3.97. The Labute approximate surface area is 116 Å². The smallest absolute Gasteiger partial charge is 0.153 e. The molecule has 0 amide bonds. The van der Waals surface area contributed by atoms with Crippen LogP contribution >= 0.6 is 0 Å². The molecule has 1 aliphatic rings. The lowest BCUT2D eigenvalue weighted by atomic mass is 10.2. The zero-order chi connectivity index (χ0) is 13.6. The molecule has 0 aromatic carbocycles. The summed E-state index contributed by atoms with van der Waals surface area (Å²) in [6.07, 6.45) is 1.35. The third-order valence-corrected chi connectivity index (χ3v) is 9.08. The first-order chi connectivity index (χ1) is 8.56. The Kier molecular flexibility index (Phi) is 7.24. The molecule has 0 aromatic heterocycles. The van der Waals surface area contributed by atoms with Gasteiger partial charge < -0.3 is 23.8 Å². The van der Waals surface area contributed by atoms with Crippen LogP contribution in [0.15, 0.2) is 0 Å². The summed E-state index contributed by atoms with van der Waals surface area (Å²) in [5.41, 5.74) is -0.105. The molecule has 0 bridgehead atoms. The van der Waals surface area contributed by atoms with Crippen LogP contribution in [0.4, 0.5) is 0 Å². The van der Waals surface area contributed by atoms with Gasteiger partial charge >= 0.3 is 0 Å². The van der Waals surface area contributed by atoms with E-state index in [1.807, 2.05) is 0 Å². The Morgan fingerprint density at radius 3 is 2.89 bits per heavy atom. The second-order valence-electron chi connectivity index (χ2n) is 5.17. The second kappa shape index (κ2) is 7.90. The standard InChI is InChI=1S/C10H26O5Si3/c1-18(2)10(14-7-8(12)6-11)9(17-15-16)4-3-5-13-10/h8-9,11-12,18H,3-7,17H2,1-2,16H3. The number of ether oxygens (including phenoxy) is 2. The number of rotatable bonds is 7. The first kappa shape index (κ1) is 16.5. The third-order valence-electron chi connectivity index (χ3n) is 3.48. The van der Waals surface area contributed by atoms with Gasteiger partial charge in [0.1, 0.15) is 30.8 Å². The fourth-order valence-corrected chi connectivity index (χ4v) is 8.75. The molecule has 0 aromatic rings. The van der Waals surface area contributed by atoms with E-state index in [1.54, 1.807) is 0 Å². The molecule has 1 aliphatic heterocycles. The van der Waals surface area contributed by atoms with E-state index in [1.165, 1.54) is 0 Å². The number of aliphatic hydroxyl groups excluding tert-OH is 2. The van der Waals surface area contributed by atoms with Crippen molar-refractivity contribution in [1.29, 1.82) is 0 Å². The second-order valence-corrected chi connectivity index (χ2v) is 11.9. The summed E-state index contributed by atoms with van der Waals surface area (Å²) < 4.78 is 17.5. The van der Waals surface area contributed by atoms with Crippen LogP contribution in [0, 0.1) is 0 Å². The summed E-state index contributed by atoms with van der Waals surface area (Å²) in [5, 5.41) is 18.4. The molecule has 108 valence electrons. The monoisotopic (exact) mass is 310 g/mol. The maximum Gasteiger partial charge on any atom is 0.153 e. The van der Waals surface area contributed by atoms with E-state index in [0.717, 1.165) is 29.9 Å². The maximum absolute atomic E-state index is 9.47. The van der Waals surface area contributed by atoms with E-state index in [0.29, 0.717) is 5.54 Å². The Morgan fingerprint density at radius 1 is 1.61 bits per heavy atom. The fourth-order valence-electron chi connectivity index (χ4n) is 2.52. The molecule has 1 rings (SSSR count). The van der Waals surface area contributed by atoms with E-state index in [4.69, 9.17) is 18.7 Å². The highest BCUT2D eigenvalue weighted by Gasteiger charge is 2.46. The van der Waals surface area contributed by atoms with Crippen molar-refractivity contribution in [3.05, 3.63) is 0 Å². The summed E-state index contributed by atoms with van der Waals surface area (Å²) >= 11 is 0.